The molecule has 1 heterocycles. The number of rotatable bonds is 7. The Morgan fingerprint density at radius 2 is 1.92 bits per heavy atom. The summed E-state index contributed by atoms with van der Waals surface area (Å²) < 4.78 is 5.40. The Morgan fingerprint density at radius 1 is 1.21 bits per heavy atom. The molecule has 0 spiro atoms. The van der Waals surface area contributed by atoms with Crippen LogP contribution in [0.5, 0.6) is 5.75 Å². The summed E-state index contributed by atoms with van der Waals surface area (Å²) in [5.74, 6) is 0.955. The molecule has 6 heteroatoms. The molecule has 1 aromatic rings. The molecule has 0 bridgehead atoms. The van der Waals surface area contributed by atoms with Crippen molar-refractivity contribution in [1.82, 2.24) is 20.0 Å². The van der Waals surface area contributed by atoms with E-state index in [2.05, 4.69) is 21.2 Å². The van der Waals surface area contributed by atoms with Gasteiger partial charge in [0.2, 0.25) is 0 Å². The first kappa shape index (κ1) is 18.5. The maximum atomic E-state index is 12.1. The van der Waals surface area contributed by atoms with Crippen LogP contribution in [0.4, 0.5) is 4.79 Å². The zero-order valence-corrected chi connectivity index (χ0v) is 15.1. The summed E-state index contributed by atoms with van der Waals surface area (Å²) >= 11 is 0. The zero-order valence-electron chi connectivity index (χ0n) is 15.1. The van der Waals surface area contributed by atoms with Gasteiger partial charge in [-0.15, -0.1) is 0 Å². The molecule has 0 unspecified atom stereocenters. The van der Waals surface area contributed by atoms with Crippen molar-refractivity contribution in [2.45, 2.75) is 6.42 Å². The van der Waals surface area contributed by atoms with Gasteiger partial charge in [0, 0.05) is 45.8 Å². The van der Waals surface area contributed by atoms with E-state index in [0.717, 1.165) is 51.4 Å². The van der Waals surface area contributed by atoms with Crippen molar-refractivity contribution in [3.8, 4) is 5.75 Å². The van der Waals surface area contributed by atoms with Crippen LogP contribution in [-0.4, -0.2) is 87.7 Å². The second kappa shape index (κ2) is 9.49. The molecule has 1 aromatic carbocycles. The summed E-state index contributed by atoms with van der Waals surface area (Å²) in [6.07, 6.45) is 0.971. The summed E-state index contributed by atoms with van der Waals surface area (Å²) in [4.78, 5) is 18.5. The van der Waals surface area contributed by atoms with Gasteiger partial charge in [-0.25, -0.2) is 4.79 Å². The third-order valence-corrected chi connectivity index (χ3v) is 4.38. The van der Waals surface area contributed by atoms with Crippen LogP contribution in [0.2, 0.25) is 0 Å². The summed E-state index contributed by atoms with van der Waals surface area (Å²) in [6.45, 7) is 5.99. The van der Waals surface area contributed by atoms with Crippen LogP contribution in [0.25, 0.3) is 0 Å². The number of para-hydroxylation sites is 1. The summed E-state index contributed by atoms with van der Waals surface area (Å²) in [5.41, 5.74) is 1.24. The number of benzene rings is 1. The molecule has 134 valence electrons. The average molecular weight is 334 g/mol. The van der Waals surface area contributed by atoms with Crippen LogP contribution >= 0.6 is 0 Å². The van der Waals surface area contributed by atoms with Gasteiger partial charge in [-0.3, -0.25) is 4.90 Å². The van der Waals surface area contributed by atoms with E-state index in [4.69, 9.17) is 4.74 Å². The maximum absolute atomic E-state index is 12.1. The molecule has 2 amide bonds. The number of nitrogens with one attached hydrogen (secondary N) is 1. The molecule has 1 saturated heterocycles. The van der Waals surface area contributed by atoms with E-state index in [-0.39, 0.29) is 6.03 Å². The number of amides is 2. The Hall–Kier alpha value is -1.79. The van der Waals surface area contributed by atoms with Gasteiger partial charge in [-0.05, 0) is 32.1 Å². The van der Waals surface area contributed by atoms with Crippen molar-refractivity contribution in [2.75, 3.05) is 67.0 Å². The number of likely N-dealkylation sites (N-methyl/N-ethyl adjacent to an activating group) is 1. The molecule has 0 radical (unpaired) electrons. The van der Waals surface area contributed by atoms with Gasteiger partial charge in [-0.1, -0.05) is 18.2 Å². The standard InChI is InChI=1S/C18H30N4O2/c1-20(2)11-9-19-18(23)22-14-12-21(13-15-22)10-8-16-6-4-5-7-17(16)24-3/h4-7H,8-15H2,1-3H3,(H,19,23). The average Bonchev–Trinajstić information content (AvgIpc) is 2.60. The fourth-order valence-electron chi connectivity index (χ4n) is 2.86. The van der Waals surface area contributed by atoms with Gasteiger partial charge < -0.3 is 19.9 Å². The Labute approximate surface area is 145 Å². The smallest absolute Gasteiger partial charge is 0.317 e. The first-order valence-corrected chi connectivity index (χ1v) is 8.62. The summed E-state index contributed by atoms with van der Waals surface area (Å²) in [5, 5.41) is 2.98. The minimum atomic E-state index is 0.0567. The van der Waals surface area contributed by atoms with Crippen LogP contribution in [-0.2, 0) is 6.42 Å². The molecular weight excluding hydrogens is 304 g/mol. The maximum Gasteiger partial charge on any atom is 0.317 e. The summed E-state index contributed by atoms with van der Waals surface area (Å²) in [7, 11) is 5.73. The first-order chi connectivity index (χ1) is 11.6. The monoisotopic (exact) mass is 334 g/mol. The van der Waals surface area contributed by atoms with Gasteiger partial charge in [0.05, 0.1) is 7.11 Å². The molecule has 1 aliphatic rings. The predicted octanol–water partition coefficient (Wildman–Crippen LogP) is 1.13. The van der Waals surface area contributed by atoms with Crippen LogP contribution in [0, 0.1) is 0 Å². The number of methoxy groups -OCH3 is 1. The molecule has 0 aromatic heterocycles. The largest absolute Gasteiger partial charge is 0.496 e. The molecular formula is C18H30N4O2. The Balaban J connectivity index is 1.70. The fraction of sp³-hybridized carbons (Fsp3) is 0.611. The Bertz CT molecular complexity index is 513. The molecule has 1 N–H and O–H groups in total. The lowest BCUT2D eigenvalue weighted by molar-refractivity contribution is 0.139. The number of hydrogen-bond acceptors (Lipinski definition) is 4. The van der Waals surface area contributed by atoms with Crippen LogP contribution in [0.15, 0.2) is 24.3 Å². The lowest BCUT2D eigenvalue weighted by Crippen LogP contribution is -2.52. The van der Waals surface area contributed by atoms with E-state index in [1.165, 1.54) is 5.56 Å². The molecule has 2 rings (SSSR count). The SMILES string of the molecule is COc1ccccc1CCN1CCN(C(=O)NCCN(C)C)CC1. The highest BCUT2D eigenvalue weighted by Crippen LogP contribution is 2.18. The van der Waals surface area contributed by atoms with Crippen molar-refractivity contribution in [3.05, 3.63) is 29.8 Å². The van der Waals surface area contributed by atoms with Crippen LogP contribution in [0.1, 0.15) is 5.56 Å². The van der Waals surface area contributed by atoms with E-state index in [0.29, 0.717) is 6.54 Å². The lowest BCUT2D eigenvalue weighted by atomic mass is 10.1. The number of piperazine rings is 1. The number of nitrogens with zero attached hydrogens (tertiary/aromatic N) is 3. The quantitative estimate of drug-likeness (QED) is 0.812. The van der Waals surface area contributed by atoms with Crippen molar-refractivity contribution >= 4 is 6.03 Å². The Morgan fingerprint density at radius 3 is 2.58 bits per heavy atom. The van der Waals surface area contributed by atoms with Crippen LogP contribution in [0.3, 0.4) is 0 Å². The van der Waals surface area contributed by atoms with Crippen molar-refractivity contribution in [1.29, 1.82) is 0 Å². The van der Waals surface area contributed by atoms with Gasteiger partial charge in [-0.2, -0.15) is 0 Å². The molecule has 0 saturated carbocycles. The van der Waals surface area contributed by atoms with Crippen molar-refractivity contribution < 1.29 is 9.53 Å². The normalized spacial score (nSPS) is 15.6. The number of carbonyl (C=O) groups excluding carboxylic acids is 1. The minimum Gasteiger partial charge on any atom is -0.496 e. The van der Waals surface area contributed by atoms with Gasteiger partial charge in [0.25, 0.3) is 0 Å². The first-order valence-electron chi connectivity index (χ1n) is 8.62. The van der Waals surface area contributed by atoms with E-state index < -0.39 is 0 Å². The van der Waals surface area contributed by atoms with E-state index in [1.54, 1.807) is 7.11 Å². The highest BCUT2D eigenvalue weighted by molar-refractivity contribution is 5.74. The van der Waals surface area contributed by atoms with Gasteiger partial charge >= 0.3 is 6.03 Å². The minimum absolute atomic E-state index is 0.0567. The predicted molar refractivity (Wildman–Crippen MR) is 96.7 cm³/mol. The third-order valence-electron chi connectivity index (χ3n) is 4.38. The molecule has 24 heavy (non-hydrogen) atoms. The third kappa shape index (κ3) is 5.69. The van der Waals surface area contributed by atoms with Crippen LogP contribution < -0.4 is 10.1 Å². The Kier molecular flexibility index (Phi) is 7.34. The number of carbonyl (C=O) groups is 1. The number of hydrogen-bond donors (Lipinski definition) is 1. The second-order valence-electron chi connectivity index (χ2n) is 6.43. The fourth-order valence-corrected chi connectivity index (χ4v) is 2.86. The van der Waals surface area contributed by atoms with Crippen molar-refractivity contribution in [2.24, 2.45) is 0 Å². The molecule has 1 fully saturated rings. The number of ether oxygens (including phenoxy) is 1. The van der Waals surface area contributed by atoms with E-state index in [9.17, 15) is 4.79 Å². The molecule has 1 aliphatic heterocycles. The topological polar surface area (TPSA) is 48.1 Å². The molecule has 0 atom stereocenters. The zero-order chi connectivity index (χ0) is 17.4. The van der Waals surface area contributed by atoms with Crippen molar-refractivity contribution in [3.63, 3.8) is 0 Å². The lowest BCUT2D eigenvalue weighted by Gasteiger charge is -2.34. The van der Waals surface area contributed by atoms with E-state index in [1.807, 2.05) is 37.2 Å². The second-order valence-corrected chi connectivity index (χ2v) is 6.43. The van der Waals surface area contributed by atoms with E-state index >= 15 is 0 Å². The molecule has 0 aliphatic carbocycles. The highest BCUT2D eigenvalue weighted by atomic mass is 16.5. The van der Waals surface area contributed by atoms with Gasteiger partial charge in [0.1, 0.15) is 5.75 Å². The number of urea groups is 1. The van der Waals surface area contributed by atoms with Gasteiger partial charge in [0.15, 0.2) is 0 Å². The highest BCUT2D eigenvalue weighted by Gasteiger charge is 2.20. The molecule has 6 nitrogen and oxygen atoms in total. The summed E-state index contributed by atoms with van der Waals surface area (Å²) in [6, 6.07) is 8.23.